The number of fused-ring (bicyclic) bond motifs is 1. The molecule has 44 heavy (non-hydrogen) atoms. The lowest BCUT2D eigenvalue weighted by Gasteiger charge is -2.45. The number of benzene rings is 2. The Bertz CT molecular complexity index is 1470. The van der Waals surface area contributed by atoms with Crippen LogP contribution >= 0.6 is 0 Å². The van der Waals surface area contributed by atoms with Gasteiger partial charge >= 0.3 is 0 Å². The van der Waals surface area contributed by atoms with Gasteiger partial charge in [-0.15, -0.1) is 0 Å². The van der Waals surface area contributed by atoms with Gasteiger partial charge in [0, 0.05) is 0 Å². The first-order valence-electron chi connectivity index (χ1n) is 13.7. The van der Waals surface area contributed by atoms with Crippen molar-refractivity contribution < 1.29 is 68.6 Å². The van der Waals surface area contributed by atoms with Crippen LogP contribution in [0.3, 0.4) is 0 Å². The second-order valence-corrected chi connectivity index (χ2v) is 10.3. The number of rotatable bonds is 9. The van der Waals surface area contributed by atoms with Crippen molar-refractivity contribution in [3.8, 4) is 28.4 Å². The second-order valence-electron chi connectivity index (χ2n) is 10.3. The number of aliphatic hydroxyl groups excluding tert-OH is 7. The molecule has 2 aliphatic heterocycles. The van der Waals surface area contributed by atoms with Crippen LogP contribution in [0.4, 0.5) is 0 Å². The van der Waals surface area contributed by atoms with Crippen molar-refractivity contribution in [2.24, 2.45) is 0 Å². The molecule has 0 saturated carbocycles. The predicted molar refractivity (Wildman–Crippen MR) is 148 cm³/mol. The molecule has 3 aromatic rings. The highest BCUT2D eigenvalue weighted by Gasteiger charge is 2.51. The first-order valence-corrected chi connectivity index (χ1v) is 13.7. The molecule has 7 N–H and O–H groups in total. The van der Waals surface area contributed by atoms with E-state index in [2.05, 4.69) is 0 Å². The zero-order valence-corrected chi connectivity index (χ0v) is 23.6. The molecule has 15 heteroatoms. The summed E-state index contributed by atoms with van der Waals surface area (Å²) in [6.45, 7) is -1.46. The van der Waals surface area contributed by atoms with Gasteiger partial charge in [0.1, 0.15) is 60.8 Å². The van der Waals surface area contributed by atoms with E-state index in [9.17, 15) is 40.5 Å². The Labute approximate surface area is 249 Å². The van der Waals surface area contributed by atoms with Crippen molar-refractivity contribution in [3.63, 3.8) is 0 Å². The molecule has 1 aromatic heterocycles. The van der Waals surface area contributed by atoms with Crippen LogP contribution in [0.15, 0.2) is 51.9 Å². The summed E-state index contributed by atoms with van der Waals surface area (Å²) in [5, 5.41) is 71.9. The Hall–Kier alpha value is -3.35. The SMILES string of the molecule is COc1ccc(-c2coc3c(OC)c(OC4OC(CO)C(O)C(OC5OC(CO)C(O)C(O)C5O)C4O)ccc3c2=O)cc1. The quantitative estimate of drug-likeness (QED) is 0.144. The van der Waals surface area contributed by atoms with Gasteiger partial charge in [0.2, 0.25) is 17.5 Å². The van der Waals surface area contributed by atoms with E-state index in [-0.39, 0.29) is 33.5 Å². The van der Waals surface area contributed by atoms with Gasteiger partial charge in [0.15, 0.2) is 17.6 Å². The Morgan fingerprint density at radius 1 is 0.750 bits per heavy atom. The van der Waals surface area contributed by atoms with E-state index in [0.717, 1.165) is 0 Å². The zero-order valence-electron chi connectivity index (χ0n) is 23.6. The van der Waals surface area contributed by atoms with Gasteiger partial charge in [0.05, 0.1) is 38.4 Å². The van der Waals surface area contributed by atoms with E-state index >= 15 is 0 Å². The second kappa shape index (κ2) is 13.3. The first kappa shape index (κ1) is 32.1. The summed E-state index contributed by atoms with van der Waals surface area (Å²) in [5.41, 5.74) is 0.561. The van der Waals surface area contributed by atoms with Crippen molar-refractivity contribution in [2.45, 2.75) is 61.4 Å². The van der Waals surface area contributed by atoms with Crippen LogP contribution in [0.5, 0.6) is 17.2 Å². The molecule has 2 aliphatic rings. The molecular formula is C29H34O15. The largest absolute Gasteiger partial charge is 0.497 e. The maximum Gasteiger partial charge on any atom is 0.229 e. The van der Waals surface area contributed by atoms with Gasteiger partial charge in [-0.1, -0.05) is 12.1 Å². The summed E-state index contributed by atoms with van der Waals surface area (Å²) in [4.78, 5) is 13.4. The van der Waals surface area contributed by atoms with E-state index in [1.165, 1.54) is 32.6 Å². The number of methoxy groups -OCH3 is 2. The summed E-state index contributed by atoms with van der Waals surface area (Å²) < 4.78 is 38.8. The van der Waals surface area contributed by atoms with Crippen molar-refractivity contribution in [1.82, 2.24) is 0 Å². The third-order valence-corrected chi connectivity index (χ3v) is 7.67. The highest BCUT2D eigenvalue weighted by molar-refractivity contribution is 5.88. The van der Waals surface area contributed by atoms with E-state index in [1.807, 2.05) is 0 Å². The third kappa shape index (κ3) is 5.87. The topological polar surface area (TPSA) is 227 Å². The Morgan fingerprint density at radius 2 is 1.41 bits per heavy atom. The van der Waals surface area contributed by atoms with Crippen LogP contribution in [0.1, 0.15) is 0 Å². The van der Waals surface area contributed by atoms with Crippen LogP contribution in [-0.2, 0) is 14.2 Å². The molecule has 5 rings (SSSR count). The Kier molecular flexibility index (Phi) is 9.71. The summed E-state index contributed by atoms with van der Waals surface area (Å²) in [6, 6.07) is 9.65. The van der Waals surface area contributed by atoms with E-state index in [1.54, 1.807) is 24.3 Å². The van der Waals surface area contributed by atoms with Gasteiger partial charge in [-0.2, -0.15) is 0 Å². The molecule has 2 fully saturated rings. The van der Waals surface area contributed by atoms with Crippen LogP contribution in [0, 0.1) is 0 Å². The summed E-state index contributed by atoms with van der Waals surface area (Å²) in [6.07, 6.45) is -15.0. The molecule has 3 heterocycles. The Morgan fingerprint density at radius 3 is 2.05 bits per heavy atom. The smallest absolute Gasteiger partial charge is 0.229 e. The lowest BCUT2D eigenvalue weighted by Crippen LogP contribution is -2.65. The molecule has 2 saturated heterocycles. The van der Waals surface area contributed by atoms with Crippen molar-refractivity contribution in [3.05, 3.63) is 52.9 Å². The highest BCUT2D eigenvalue weighted by Crippen LogP contribution is 2.38. The first-order chi connectivity index (χ1) is 21.1. The van der Waals surface area contributed by atoms with Crippen LogP contribution < -0.4 is 19.6 Å². The fraction of sp³-hybridized carbons (Fsp3) is 0.483. The predicted octanol–water partition coefficient (Wildman–Crippen LogP) is -1.52. The third-order valence-electron chi connectivity index (χ3n) is 7.67. The molecule has 10 unspecified atom stereocenters. The molecule has 0 radical (unpaired) electrons. The highest BCUT2D eigenvalue weighted by atomic mass is 16.7. The number of aliphatic hydroxyl groups is 7. The van der Waals surface area contributed by atoms with Crippen LogP contribution in [-0.4, -0.2) is 125 Å². The maximum atomic E-state index is 13.4. The van der Waals surface area contributed by atoms with Crippen LogP contribution in [0.2, 0.25) is 0 Å². The van der Waals surface area contributed by atoms with E-state index in [0.29, 0.717) is 11.3 Å². The fourth-order valence-electron chi connectivity index (χ4n) is 5.18. The number of hydrogen-bond donors (Lipinski definition) is 7. The number of ether oxygens (including phenoxy) is 6. The average molecular weight is 623 g/mol. The standard InChI is InChI=1S/C29H34O15/c1-38-13-5-3-12(4-6-13)15-11-40-25-14(19(15)32)7-8-16(26(25)39-2)41-29-24(37)27(21(34)18(10-31)43-29)44-28-23(36)22(35)20(33)17(9-30)42-28/h3-8,11,17-18,20-24,27-31,33-37H,9-10H2,1-2H3. The minimum atomic E-state index is -1.83. The van der Waals surface area contributed by atoms with Crippen molar-refractivity contribution in [2.75, 3.05) is 27.4 Å². The molecule has 10 atom stereocenters. The van der Waals surface area contributed by atoms with Crippen molar-refractivity contribution in [1.29, 1.82) is 0 Å². The fourth-order valence-corrected chi connectivity index (χ4v) is 5.18. The van der Waals surface area contributed by atoms with Gasteiger partial charge < -0.3 is 68.6 Å². The van der Waals surface area contributed by atoms with Crippen molar-refractivity contribution >= 4 is 11.0 Å². The monoisotopic (exact) mass is 622 g/mol. The van der Waals surface area contributed by atoms with Gasteiger partial charge in [-0.3, -0.25) is 4.79 Å². The minimum absolute atomic E-state index is 0.0187. The summed E-state index contributed by atoms with van der Waals surface area (Å²) in [7, 11) is 2.84. The van der Waals surface area contributed by atoms with Gasteiger partial charge in [-0.05, 0) is 29.8 Å². The molecule has 0 bridgehead atoms. The molecule has 240 valence electrons. The Balaban J connectivity index is 1.42. The lowest BCUT2D eigenvalue weighted by molar-refractivity contribution is -0.352. The molecule has 0 spiro atoms. The molecule has 0 amide bonds. The maximum absolute atomic E-state index is 13.4. The molecule has 0 aliphatic carbocycles. The normalized spacial score (nSPS) is 32.4. The van der Waals surface area contributed by atoms with E-state index in [4.69, 9.17) is 32.8 Å². The zero-order chi connectivity index (χ0) is 31.7. The molecule has 15 nitrogen and oxygen atoms in total. The molecule has 2 aromatic carbocycles. The number of hydrogen-bond acceptors (Lipinski definition) is 15. The van der Waals surface area contributed by atoms with E-state index < -0.39 is 74.6 Å². The average Bonchev–Trinajstić information content (AvgIpc) is 3.04. The lowest BCUT2D eigenvalue weighted by atomic mass is 9.97. The summed E-state index contributed by atoms with van der Waals surface area (Å²) in [5.74, 6) is 0.560. The van der Waals surface area contributed by atoms with Gasteiger partial charge in [0.25, 0.3) is 0 Å². The minimum Gasteiger partial charge on any atom is -0.497 e. The summed E-state index contributed by atoms with van der Waals surface area (Å²) >= 11 is 0. The van der Waals surface area contributed by atoms with Gasteiger partial charge in [-0.25, -0.2) is 0 Å². The molecular weight excluding hydrogens is 588 g/mol. The van der Waals surface area contributed by atoms with Crippen LogP contribution in [0.25, 0.3) is 22.1 Å².